The van der Waals surface area contributed by atoms with E-state index in [0.717, 1.165) is 24.4 Å². The summed E-state index contributed by atoms with van der Waals surface area (Å²) in [4.78, 5) is 21.7. The Morgan fingerprint density at radius 1 is 1.05 bits per heavy atom. The Labute approximate surface area is 211 Å². The first-order valence-corrected chi connectivity index (χ1v) is 11.6. The monoisotopic (exact) mass is 538 g/mol. The van der Waals surface area contributed by atoms with Crippen molar-refractivity contribution < 1.29 is 40.9 Å². The van der Waals surface area contributed by atoms with Gasteiger partial charge in [0.05, 0.1) is 25.8 Å². The second-order valence-corrected chi connectivity index (χ2v) is 8.96. The molecule has 0 radical (unpaired) electrons. The van der Waals surface area contributed by atoms with Crippen LogP contribution in [0.1, 0.15) is 11.3 Å². The molecule has 1 aromatic carbocycles. The maximum atomic E-state index is 14.6. The van der Waals surface area contributed by atoms with Gasteiger partial charge in [0, 0.05) is 24.9 Å². The van der Waals surface area contributed by atoms with E-state index in [1.807, 2.05) is 4.90 Å². The summed E-state index contributed by atoms with van der Waals surface area (Å²) in [5.74, 6) is -3.07. The van der Waals surface area contributed by atoms with Crippen LogP contribution in [0, 0.1) is 11.6 Å². The summed E-state index contributed by atoms with van der Waals surface area (Å²) in [5.41, 5.74) is -1.75. The summed E-state index contributed by atoms with van der Waals surface area (Å²) >= 11 is 0. The number of rotatable bonds is 5. The minimum atomic E-state index is -4.75. The number of alkyl halides is 3. The van der Waals surface area contributed by atoms with Crippen molar-refractivity contribution in [2.75, 3.05) is 24.7 Å². The fourth-order valence-corrected chi connectivity index (χ4v) is 4.92. The van der Waals surface area contributed by atoms with E-state index in [2.05, 4.69) is 9.97 Å². The van der Waals surface area contributed by atoms with Crippen molar-refractivity contribution >= 4 is 5.82 Å². The number of halogens is 5. The first-order valence-electron chi connectivity index (χ1n) is 11.6. The van der Waals surface area contributed by atoms with Crippen molar-refractivity contribution in [1.29, 1.82) is 0 Å². The Morgan fingerprint density at radius 2 is 1.82 bits per heavy atom. The molecule has 3 unspecified atom stereocenters. The molecule has 3 aromatic rings. The van der Waals surface area contributed by atoms with Gasteiger partial charge in [-0.3, -0.25) is 9.55 Å². The average molecular weight is 538 g/mol. The van der Waals surface area contributed by atoms with E-state index in [0.29, 0.717) is 38.2 Å². The van der Waals surface area contributed by atoms with Crippen LogP contribution in [0.2, 0.25) is 0 Å². The molecule has 6 rings (SSSR count). The van der Waals surface area contributed by atoms with E-state index in [9.17, 15) is 26.7 Å². The van der Waals surface area contributed by atoms with Crippen LogP contribution in [0.3, 0.4) is 0 Å². The third-order valence-electron chi connectivity index (χ3n) is 6.56. The molecule has 2 saturated heterocycles. The lowest BCUT2D eigenvalue weighted by atomic mass is 10.1. The Hall–Kier alpha value is -3.78. The Balaban J connectivity index is 1.17. The van der Waals surface area contributed by atoms with Crippen molar-refractivity contribution in [3.05, 3.63) is 69.9 Å². The lowest BCUT2D eigenvalue weighted by molar-refractivity contribution is -0.141. The number of hydrogen-bond donors (Lipinski definition) is 0. The van der Waals surface area contributed by atoms with Crippen molar-refractivity contribution in [2.24, 2.45) is 0 Å². The quantitative estimate of drug-likeness (QED) is 0.458. The number of anilines is 1. The average Bonchev–Trinajstić information content (AvgIpc) is 3.42. The first-order chi connectivity index (χ1) is 18.2. The zero-order chi connectivity index (χ0) is 26.6. The van der Waals surface area contributed by atoms with Gasteiger partial charge >= 0.3 is 11.9 Å². The first kappa shape index (κ1) is 24.6. The van der Waals surface area contributed by atoms with Crippen LogP contribution in [-0.4, -0.2) is 52.5 Å². The largest absolute Gasteiger partial charge is 0.473 e. The van der Waals surface area contributed by atoms with Gasteiger partial charge in [-0.05, 0) is 23.8 Å². The van der Waals surface area contributed by atoms with E-state index in [-0.39, 0.29) is 36.3 Å². The van der Waals surface area contributed by atoms with Crippen molar-refractivity contribution in [3.63, 3.8) is 0 Å². The molecule has 9 nitrogen and oxygen atoms in total. The standard InChI is InChI=1S/C24H19F5N4O5/c25-14-5-12(6-15(26)21(14)38-13-1-2-30-18(7-13)24(27,28)29)11-37-19-8-20-32-10-17-22(36-4-3-35-17)16(32)9-33(20)23(34)31-19/h1-2,5-8,16-17,22H,3-4,9-11H2. The minimum absolute atomic E-state index is 0.0313. The molecule has 0 aliphatic carbocycles. The highest BCUT2D eigenvalue weighted by Gasteiger charge is 2.49. The van der Waals surface area contributed by atoms with Gasteiger partial charge in [-0.15, -0.1) is 0 Å². The van der Waals surface area contributed by atoms with Crippen LogP contribution >= 0.6 is 0 Å². The van der Waals surface area contributed by atoms with E-state index < -0.39 is 40.7 Å². The van der Waals surface area contributed by atoms with Crippen molar-refractivity contribution in [2.45, 2.75) is 37.6 Å². The lowest BCUT2D eigenvalue weighted by Crippen LogP contribution is -2.42. The van der Waals surface area contributed by atoms with Crippen LogP contribution in [0.15, 0.2) is 41.3 Å². The molecule has 0 bridgehead atoms. The second-order valence-electron chi connectivity index (χ2n) is 8.96. The number of fused-ring (bicyclic) bond motifs is 5. The number of ether oxygens (including phenoxy) is 4. The van der Waals surface area contributed by atoms with Gasteiger partial charge in [-0.2, -0.15) is 18.2 Å². The van der Waals surface area contributed by atoms with Gasteiger partial charge in [0.1, 0.15) is 36.1 Å². The lowest BCUT2D eigenvalue weighted by Gasteiger charge is -2.27. The molecule has 0 saturated carbocycles. The van der Waals surface area contributed by atoms with Gasteiger partial charge in [0.15, 0.2) is 17.4 Å². The van der Waals surface area contributed by atoms with E-state index in [4.69, 9.17) is 18.9 Å². The fraction of sp³-hybridized carbons (Fsp3) is 0.375. The Morgan fingerprint density at radius 3 is 2.58 bits per heavy atom. The molecule has 0 spiro atoms. The summed E-state index contributed by atoms with van der Waals surface area (Å²) in [6.45, 7) is 1.59. The van der Waals surface area contributed by atoms with E-state index >= 15 is 0 Å². The predicted molar refractivity (Wildman–Crippen MR) is 119 cm³/mol. The molecular weight excluding hydrogens is 519 g/mol. The van der Waals surface area contributed by atoms with Gasteiger partial charge < -0.3 is 23.8 Å². The SMILES string of the molecule is O=c1nc(OCc2cc(F)c(Oc3ccnc(C(F)(F)F)c3)c(F)c2)cc2n1CC1C3OCCOC3CN21. The fourth-order valence-electron chi connectivity index (χ4n) is 4.92. The van der Waals surface area contributed by atoms with Gasteiger partial charge in [0.2, 0.25) is 5.88 Å². The zero-order valence-electron chi connectivity index (χ0n) is 19.5. The highest BCUT2D eigenvalue weighted by Crippen LogP contribution is 2.37. The zero-order valence-corrected chi connectivity index (χ0v) is 19.5. The number of nitrogens with zero attached hydrogens (tertiary/aromatic N) is 4. The van der Waals surface area contributed by atoms with Crippen LogP contribution in [0.5, 0.6) is 17.4 Å². The smallest absolute Gasteiger partial charge is 0.433 e. The Kier molecular flexibility index (Phi) is 5.94. The van der Waals surface area contributed by atoms with Crippen molar-refractivity contribution in [1.82, 2.24) is 14.5 Å². The molecule has 200 valence electrons. The number of hydrogen-bond acceptors (Lipinski definition) is 8. The van der Waals surface area contributed by atoms with Crippen molar-refractivity contribution in [3.8, 4) is 17.4 Å². The summed E-state index contributed by atoms with van der Waals surface area (Å²) < 4.78 is 91.6. The maximum absolute atomic E-state index is 14.6. The van der Waals surface area contributed by atoms with Gasteiger partial charge in [-0.25, -0.2) is 13.6 Å². The number of pyridine rings is 1. The third kappa shape index (κ3) is 4.43. The molecule has 0 amide bonds. The molecule has 2 fully saturated rings. The van der Waals surface area contributed by atoms with Crippen LogP contribution in [0.4, 0.5) is 27.8 Å². The van der Waals surface area contributed by atoms with Gasteiger partial charge in [0.25, 0.3) is 0 Å². The topological polar surface area (TPSA) is 87.9 Å². The summed E-state index contributed by atoms with van der Waals surface area (Å²) in [5, 5.41) is 0. The molecule has 2 aromatic heterocycles. The van der Waals surface area contributed by atoms with E-state index in [1.54, 1.807) is 6.07 Å². The molecule has 14 heteroatoms. The normalized spacial score (nSPS) is 22.1. The molecule has 5 heterocycles. The molecule has 38 heavy (non-hydrogen) atoms. The van der Waals surface area contributed by atoms with Crippen LogP contribution in [-0.2, 0) is 28.8 Å². The summed E-state index contributed by atoms with van der Waals surface area (Å²) in [7, 11) is 0. The Bertz CT molecular complexity index is 1430. The number of aromatic nitrogens is 3. The third-order valence-corrected chi connectivity index (χ3v) is 6.56. The second kappa shape index (κ2) is 9.20. The van der Waals surface area contributed by atoms with Gasteiger partial charge in [-0.1, -0.05) is 0 Å². The van der Waals surface area contributed by atoms with Crippen LogP contribution < -0.4 is 20.1 Å². The number of benzene rings is 1. The molecule has 0 N–H and O–H groups in total. The highest BCUT2D eigenvalue weighted by molar-refractivity contribution is 5.50. The molecule has 3 atom stereocenters. The summed E-state index contributed by atoms with van der Waals surface area (Å²) in [6, 6.07) is 4.91. The molecule has 3 aliphatic heterocycles. The molecule has 3 aliphatic rings. The van der Waals surface area contributed by atoms with Crippen LogP contribution in [0.25, 0.3) is 0 Å². The maximum Gasteiger partial charge on any atom is 0.433 e. The minimum Gasteiger partial charge on any atom is -0.473 e. The van der Waals surface area contributed by atoms with E-state index in [1.165, 1.54) is 4.57 Å². The predicted octanol–water partition coefficient (Wildman–Crippen LogP) is 3.29. The molecular formula is C24H19F5N4O5. The highest BCUT2D eigenvalue weighted by atomic mass is 19.4. The summed E-state index contributed by atoms with van der Waals surface area (Å²) in [6.07, 6.45) is -4.19.